The molecule has 0 bridgehead atoms. The van der Waals surface area contributed by atoms with Crippen molar-refractivity contribution < 1.29 is 10.0 Å². The maximum atomic E-state index is 10.7. The third-order valence-electron chi connectivity index (χ3n) is 2.52. The van der Waals surface area contributed by atoms with E-state index < -0.39 is 4.92 Å². The topological polar surface area (TPSA) is 81.2 Å². The van der Waals surface area contributed by atoms with Crippen LogP contribution in [0.15, 0.2) is 24.4 Å². The number of benzene rings is 1. The van der Waals surface area contributed by atoms with E-state index in [1.165, 1.54) is 16.8 Å². The van der Waals surface area contributed by atoms with Crippen molar-refractivity contribution in [1.29, 1.82) is 0 Å². The van der Waals surface area contributed by atoms with Gasteiger partial charge in [0.2, 0.25) is 0 Å². The average Bonchev–Trinajstić information content (AvgIpc) is 2.79. The van der Waals surface area contributed by atoms with E-state index in [1.54, 1.807) is 19.2 Å². The van der Waals surface area contributed by atoms with Gasteiger partial charge in [0.15, 0.2) is 0 Å². The number of halogens is 1. The largest absolute Gasteiger partial charge is 0.390 e. The van der Waals surface area contributed by atoms with Gasteiger partial charge in [-0.1, -0.05) is 11.6 Å². The van der Waals surface area contributed by atoms with Crippen LogP contribution in [0.3, 0.4) is 0 Å². The van der Waals surface area contributed by atoms with Crippen LogP contribution in [0.5, 0.6) is 0 Å². The van der Waals surface area contributed by atoms with Crippen molar-refractivity contribution in [3.8, 4) is 5.69 Å². The molecule has 2 rings (SSSR count). The Morgan fingerprint density at radius 2 is 2.28 bits per heavy atom. The fraction of sp³-hybridized carbons (Fsp3) is 0.182. The molecule has 0 saturated heterocycles. The Bertz CT molecular complexity index is 610. The van der Waals surface area contributed by atoms with Crippen LogP contribution in [0.1, 0.15) is 11.3 Å². The maximum absolute atomic E-state index is 10.7. The van der Waals surface area contributed by atoms with Crippen molar-refractivity contribution in [2.45, 2.75) is 13.5 Å². The van der Waals surface area contributed by atoms with Gasteiger partial charge in [0.25, 0.3) is 5.69 Å². The minimum Gasteiger partial charge on any atom is -0.390 e. The Labute approximate surface area is 108 Å². The molecule has 0 saturated carbocycles. The molecule has 0 amide bonds. The predicted octanol–water partition coefficient (Wildman–Crippen LogP) is 2.23. The lowest BCUT2D eigenvalue weighted by Gasteiger charge is -2.06. The molecule has 0 fully saturated rings. The van der Waals surface area contributed by atoms with Crippen molar-refractivity contribution in [1.82, 2.24) is 9.78 Å². The number of nitro groups is 1. The van der Waals surface area contributed by atoms with Crippen LogP contribution in [-0.2, 0) is 6.61 Å². The molecule has 0 aliphatic carbocycles. The standard InChI is InChI=1S/C11H10ClN3O3/c1-7-4-11(15(17)18)9(12)5-10(7)14-3-2-8(6-16)13-14/h2-5,16H,6H2,1H3. The summed E-state index contributed by atoms with van der Waals surface area (Å²) in [7, 11) is 0. The molecule has 94 valence electrons. The van der Waals surface area contributed by atoms with Gasteiger partial charge in [-0.2, -0.15) is 5.10 Å². The lowest BCUT2D eigenvalue weighted by Crippen LogP contribution is -2.00. The number of aliphatic hydroxyl groups is 1. The summed E-state index contributed by atoms with van der Waals surface area (Å²) in [4.78, 5) is 10.2. The lowest BCUT2D eigenvalue weighted by atomic mass is 10.2. The van der Waals surface area contributed by atoms with Gasteiger partial charge < -0.3 is 5.11 Å². The SMILES string of the molecule is Cc1cc([N+](=O)[O-])c(Cl)cc1-n1ccc(CO)n1. The summed E-state index contributed by atoms with van der Waals surface area (Å²) in [6.07, 6.45) is 1.66. The Balaban J connectivity index is 2.52. The van der Waals surface area contributed by atoms with Crippen LogP contribution in [-0.4, -0.2) is 19.8 Å². The van der Waals surface area contributed by atoms with Crippen LogP contribution in [0.4, 0.5) is 5.69 Å². The zero-order valence-electron chi connectivity index (χ0n) is 9.50. The Morgan fingerprint density at radius 1 is 1.56 bits per heavy atom. The highest BCUT2D eigenvalue weighted by Crippen LogP contribution is 2.29. The predicted molar refractivity (Wildman–Crippen MR) is 65.9 cm³/mol. The number of aromatic nitrogens is 2. The van der Waals surface area contributed by atoms with Crippen molar-refractivity contribution in [2.24, 2.45) is 0 Å². The van der Waals surface area contributed by atoms with Crippen LogP contribution in [0, 0.1) is 17.0 Å². The average molecular weight is 268 g/mol. The third kappa shape index (κ3) is 2.20. The molecular formula is C11H10ClN3O3. The van der Waals surface area contributed by atoms with Crippen LogP contribution in [0.2, 0.25) is 5.02 Å². The second-order valence-corrected chi connectivity index (χ2v) is 4.16. The van der Waals surface area contributed by atoms with Gasteiger partial charge in [0, 0.05) is 12.3 Å². The van der Waals surface area contributed by atoms with Crippen molar-refractivity contribution in [2.75, 3.05) is 0 Å². The molecule has 0 aliphatic heterocycles. The second-order valence-electron chi connectivity index (χ2n) is 3.76. The molecule has 7 heteroatoms. The lowest BCUT2D eigenvalue weighted by molar-refractivity contribution is -0.384. The molecule has 0 atom stereocenters. The fourth-order valence-electron chi connectivity index (χ4n) is 1.62. The first-order valence-corrected chi connectivity index (χ1v) is 5.51. The summed E-state index contributed by atoms with van der Waals surface area (Å²) in [5.41, 5.74) is 1.71. The monoisotopic (exact) mass is 267 g/mol. The zero-order valence-corrected chi connectivity index (χ0v) is 10.3. The highest BCUT2D eigenvalue weighted by atomic mass is 35.5. The molecule has 1 aromatic heterocycles. The van der Waals surface area contributed by atoms with E-state index in [4.69, 9.17) is 16.7 Å². The Hall–Kier alpha value is -1.92. The number of aryl methyl sites for hydroxylation is 1. The molecule has 0 radical (unpaired) electrons. The zero-order chi connectivity index (χ0) is 13.3. The number of aliphatic hydroxyl groups excluding tert-OH is 1. The summed E-state index contributed by atoms with van der Waals surface area (Å²) < 4.78 is 1.52. The molecule has 0 aliphatic rings. The van der Waals surface area contributed by atoms with Crippen molar-refractivity contribution in [3.63, 3.8) is 0 Å². The number of nitro benzene ring substituents is 1. The van der Waals surface area contributed by atoms with Gasteiger partial charge in [-0.05, 0) is 24.6 Å². The van der Waals surface area contributed by atoms with E-state index in [2.05, 4.69) is 5.10 Å². The molecule has 0 spiro atoms. The van der Waals surface area contributed by atoms with E-state index in [-0.39, 0.29) is 17.3 Å². The van der Waals surface area contributed by atoms with Gasteiger partial charge in [-0.25, -0.2) is 4.68 Å². The molecule has 6 nitrogen and oxygen atoms in total. The normalized spacial score (nSPS) is 10.6. The Morgan fingerprint density at radius 3 is 2.83 bits per heavy atom. The van der Waals surface area contributed by atoms with E-state index in [9.17, 15) is 10.1 Å². The fourth-order valence-corrected chi connectivity index (χ4v) is 1.85. The third-order valence-corrected chi connectivity index (χ3v) is 2.82. The Kier molecular flexibility index (Phi) is 3.31. The van der Waals surface area contributed by atoms with Gasteiger partial charge in [-0.15, -0.1) is 0 Å². The smallest absolute Gasteiger partial charge is 0.288 e. The van der Waals surface area contributed by atoms with Gasteiger partial charge in [0.1, 0.15) is 5.02 Å². The quantitative estimate of drug-likeness (QED) is 0.683. The van der Waals surface area contributed by atoms with Gasteiger partial charge >= 0.3 is 0 Å². The minimum absolute atomic E-state index is 0.0571. The first-order valence-electron chi connectivity index (χ1n) is 5.13. The first kappa shape index (κ1) is 12.5. The number of hydrogen-bond acceptors (Lipinski definition) is 4. The summed E-state index contributed by atoms with van der Waals surface area (Å²) in [5.74, 6) is 0. The highest BCUT2D eigenvalue weighted by Gasteiger charge is 2.16. The molecule has 18 heavy (non-hydrogen) atoms. The van der Waals surface area contributed by atoms with Gasteiger partial charge in [0.05, 0.1) is 22.9 Å². The van der Waals surface area contributed by atoms with Crippen LogP contribution >= 0.6 is 11.6 Å². The molecule has 1 aromatic carbocycles. The van der Waals surface area contributed by atoms with Crippen molar-refractivity contribution >= 4 is 17.3 Å². The van der Waals surface area contributed by atoms with E-state index >= 15 is 0 Å². The number of nitrogens with zero attached hydrogens (tertiary/aromatic N) is 3. The summed E-state index contributed by atoms with van der Waals surface area (Å²) in [6, 6.07) is 4.55. The molecule has 1 heterocycles. The second kappa shape index (κ2) is 4.75. The van der Waals surface area contributed by atoms with E-state index in [0.717, 1.165) is 0 Å². The first-order chi connectivity index (χ1) is 8.52. The van der Waals surface area contributed by atoms with E-state index in [1.807, 2.05) is 0 Å². The number of rotatable bonds is 3. The maximum Gasteiger partial charge on any atom is 0.288 e. The van der Waals surface area contributed by atoms with E-state index in [0.29, 0.717) is 16.9 Å². The van der Waals surface area contributed by atoms with Crippen LogP contribution in [0.25, 0.3) is 5.69 Å². The summed E-state index contributed by atoms with van der Waals surface area (Å²) in [6.45, 7) is 1.58. The molecule has 1 N–H and O–H groups in total. The molecule has 0 unspecified atom stereocenters. The molecule has 2 aromatic rings. The highest BCUT2D eigenvalue weighted by molar-refractivity contribution is 6.32. The minimum atomic E-state index is -0.526. The number of hydrogen-bond donors (Lipinski definition) is 1. The van der Waals surface area contributed by atoms with Crippen LogP contribution < -0.4 is 0 Å². The van der Waals surface area contributed by atoms with Crippen molar-refractivity contribution in [3.05, 3.63) is 50.8 Å². The van der Waals surface area contributed by atoms with Gasteiger partial charge in [-0.3, -0.25) is 10.1 Å². The summed E-state index contributed by atoms with van der Waals surface area (Å²) in [5, 5.41) is 23.9. The summed E-state index contributed by atoms with van der Waals surface area (Å²) >= 11 is 5.85. The molecular weight excluding hydrogens is 258 g/mol.